The Morgan fingerprint density at radius 2 is 2.24 bits per heavy atom. The van der Waals surface area contributed by atoms with Crippen LogP contribution in [-0.2, 0) is 14.3 Å². The van der Waals surface area contributed by atoms with Gasteiger partial charge in [0.05, 0.1) is 18.3 Å². The van der Waals surface area contributed by atoms with Crippen molar-refractivity contribution in [1.29, 1.82) is 0 Å². The van der Waals surface area contributed by atoms with Gasteiger partial charge < -0.3 is 15.4 Å². The van der Waals surface area contributed by atoms with E-state index in [1.165, 1.54) is 25.3 Å². The molecule has 2 rings (SSSR count). The first-order valence-electron chi connectivity index (χ1n) is 7.32. The molecule has 2 N–H and O–H groups in total. The Morgan fingerprint density at radius 1 is 1.43 bits per heavy atom. The average Bonchev–Trinajstić information content (AvgIpc) is 2.91. The summed E-state index contributed by atoms with van der Waals surface area (Å²) in [6, 6.07) is 0. The topological polar surface area (TPSA) is 67.4 Å². The summed E-state index contributed by atoms with van der Waals surface area (Å²) < 4.78 is 4.57. The molecule has 5 nitrogen and oxygen atoms in total. The van der Waals surface area contributed by atoms with Crippen molar-refractivity contribution in [1.82, 2.24) is 10.6 Å². The van der Waals surface area contributed by atoms with E-state index < -0.39 is 0 Å². The molecular formula is C14H25ClN2O3S. The van der Waals surface area contributed by atoms with Crippen molar-refractivity contribution in [3.63, 3.8) is 0 Å². The first-order chi connectivity index (χ1) is 9.69. The summed E-state index contributed by atoms with van der Waals surface area (Å²) >= 11 is 1.49. The summed E-state index contributed by atoms with van der Waals surface area (Å²) in [5.74, 6) is 1.58. The number of thioether (sulfide) groups is 1. The Bertz CT molecular complexity index is 370. The highest BCUT2D eigenvalue weighted by atomic mass is 35.5. The number of rotatable bonds is 6. The van der Waals surface area contributed by atoms with Gasteiger partial charge in [0.15, 0.2) is 0 Å². The van der Waals surface area contributed by atoms with E-state index in [1.54, 1.807) is 0 Å². The third kappa shape index (κ3) is 4.50. The number of amides is 1. The largest absolute Gasteiger partial charge is 0.468 e. The standard InChI is InChI=1S/C14H24N2O3S.ClH/c1-19-12(17)9-20-7-6-16-13(18)14-5-3-2-4-11(14)8-15-10-14;/h11,15H,2-10H2,1H3,(H,16,18);1H/t11-,14+;/m0./s1. The molecule has 1 aliphatic carbocycles. The molecule has 0 aromatic heterocycles. The number of hydrogen-bond donors (Lipinski definition) is 2. The van der Waals surface area contributed by atoms with Gasteiger partial charge >= 0.3 is 5.97 Å². The van der Waals surface area contributed by atoms with E-state index in [2.05, 4.69) is 15.4 Å². The van der Waals surface area contributed by atoms with Crippen molar-refractivity contribution in [3.8, 4) is 0 Å². The molecule has 1 saturated carbocycles. The van der Waals surface area contributed by atoms with E-state index in [4.69, 9.17) is 0 Å². The minimum absolute atomic E-state index is 0. The Morgan fingerprint density at radius 3 is 3.00 bits per heavy atom. The summed E-state index contributed by atoms with van der Waals surface area (Å²) in [5, 5.41) is 6.44. The van der Waals surface area contributed by atoms with Gasteiger partial charge in [-0.05, 0) is 25.3 Å². The fourth-order valence-electron chi connectivity index (χ4n) is 3.32. The Kier molecular flexibility index (Phi) is 7.84. The number of methoxy groups -OCH3 is 1. The van der Waals surface area contributed by atoms with Gasteiger partial charge in [-0.3, -0.25) is 9.59 Å². The van der Waals surface area contributed by atoms with Gasteiger partial charge in [-0.1, -0.05) is 12.8 Å². The highest BCUT2D eigenvalue weighted by molar-refractivity contribution is 7.99. The maximum atomic E-state index is 12.5. The van der Waals surface area contributed by atoms with Crippen molar-refractivity contribution in [2.75, 3.05) is 38.2 Å². The molecule has 0 unspecified atom stereocenters. The summed E-state index contributed by atoms with van der Waals surface area (Å²) in [6.45, 7) is 2.41. The van der Waals surface area contributed by atoms with E-state index in [1.807, 2.05) is 0 Å². The van der Waals surface area contributed by atoms with E-state index in [-0.39, 0.29) is 29.7 Å². The van der Waals surface area contributed by atoms with Crippen molar-refractivity contribution in [2.24, 2.45) is 11.3 Å². The van der Waals surface area contributed by atoms with Gasteiger partial charge in [0.25, 0.3) is 0 Å². The molecule has 0 radical (unpaired) electrons. The lowest BCUT2D eigenvalue weighted by Gasteiger charge is -2.37. The summed E-state index contributed by atoms with van der Waals surface area (Å²) in [4.78, 5) is 23.5. The molecule has 21 heavy (non-hydrogen) atoms. The van der Waals surface area contributed by atoms with Crippen LogP contribution < -0.4 is 10.6 Å². The van der Waals surface area contributed by atoms with Crippen LogP contribution in [0.15, 0.2) is 0 Å². The molecule has 0 aromatic rings. The summed E-state index contributed by atoms with van der Waals surface area (Å²) in [7, 11) is 1.39. The molecule has 0 spiro atoms. The second kappa shape index (κ2) is 8.86. The van der Waals surface area contributed by atoms with E-state index in [0.29, 0.717) is 18.2 Å². The fourth-order valence-corrected chi connectivity index (χ4v) is 3.99. The van der Waals surface area contributed by atoms with Gasteiger partial charge in [-0.15, -0.1) is 24.2 Å². The number of hydrogen-bond acceptors (Lipinski definition) is 5. The molecule has 1 heterocycles. The Hall–Kier alpha value is -0.460. The highest BCUT2D eigenvalue weighted by Gasteiger charge is 2.49. The number of carbonyl (C=O) groups excluding carboxylic acids is 2. The van der Waals surface area contributed by atoms with Crippen molar-refractivity contribution in [3.05, 3.63) is 0 Å². The lowest BCUT2D eigenvalue weighted by molar-refractivity contribution is -0.137. The number of fused-ring (bicyclic) bond motifs is 1. The molecule has 0 aromatic carbocycles. The van der Waals surface area contributed by atoms with Crippen molar-refractivity contribution in [2.45, 2.75) is 25.7 Å². The minimum Gasteiger partial charge on any atom is -0.468 e. The smallest absolute Gasteiger partial charge is 0.315 e. The monoisotopic (exact) mass is 336 g/mol. The molecule has 1 aliphatic heterocycles. The number of carbonyl (C=O) groups is 2. The highest BCUT2D eigenvalue weighted by Crippen LogP contribution is 2.43. The molecule has 122 valence electrons. The van der Waals surface area contributed by atoms with Gasteiger partial charge in [-0.2, -0.15) is 0 Å². The van der Waals surface area contributed by atoms with Crippen LogP contribution in [0.1, 0.15) is 25.7 Å². The molecule has 7 heteroatoms. The second-order valence-corrected chi connectivity index (χ2v) is 6.72. The number of ether oxygens (including phenoxy) is 1. The van der Waals surface area contributed by atoms with Crippen LogP contribution in [0.2, 0.25) is 0 Å². The molecule has 1 amide bonds. The predicted octanol–water partition coefficient (Wildman–Crippen LogP) is 1.21. The normalized spacial score (nSPS) is 27.4. The SMILES string of the molecule is COC(=O)CSCCNC(=O)[C@@]12CCCC[C@H]1CNC2.Cl. The third-order valence-electron chi connectivity index (χ3n) is 4.47. The van der Waals surface area contributed by atoms with Crippen molar-refractivity contribution >= 4 is 36.0 Å². The van der Waals surface area contributed by atoms with E-state index >= 15 is 0 Å². The van der Waals surface area contributed by atoms with Gasteiger partial charge in [0, 0.05) is 18.8 Å². The lowest BCUT2D eigenvalue weighted by Crippen LogP contribution is -2.48. The molecule has 2 fully saturated rings. The molecule has 1 saturated heterocycles. The zero-order valence-corrected chi connectivity index (χ0v) is 14.1. The van der Waals surface area contributed by atoms with Crippen molar-refractivity contribution < 1.29 is 14.3 Å². The fraction of sp³-hybridized carbons (Fsp3) is 0.857. The van der Waals surface area contributed by atoms with E-state index in [9.17, 15) is 9.59 Å². The van der Waals surface area contributed by atoms with Crippen LogP contribution in [0.5, 0.6) is 0 Å². The van der Waals surface area contributed by atoms with Gasteiger partial charge in [-0.25, -0.2) is 0 Å². The van der Waals surface area contributed by atoms with Crippen LogP contribution in [0.3, 0.4) is 0 Å². The zero-order valence-electron chi connectivity index (χ0n) is 12.5. The quantitative estimate of drug-likeness (QED) is 0.564. The summed E-state index contributed by atoms with van der Waals surface area (Å²) in [5.41, 5.74) is -0.175. The number of esters is 1. The molecule has 0 bridgehead atoms. The van der Waals surface area contributed by atoms with E-state index in [0.717, 1.165) is 38.1 Å². The lowest BCUT2D eigenvalue weighted by atomic mass is 9.67. The van der Waals surface area contributed by atoms with Gasteiger partial charge in [0.1, 0.15) is 0 Å². The number of nitrogens with one attached hydrogen (secondary N) is 2. The first kappa shape index (κ1) is 18.6. The number of halogens is 1. The second-order valence-electron chi connectivity index (χ2n) is 5.61. The molecule has 2 atom stereocenters. The first-order valence-corrected chi connectivity index (χ1v) is 8.48. The van der Waals surface area contributed by atoms with Crippen LogP contribution >= 0.6 is 24.2 Å². The Balaban J connectivity index is 0.00000220. The predicted molar refractivity (Wildman–Crippen MR) is 86.9 cm³/mol. The third-order valence-corrected chi connectivity index (χ3v) is 5.40. The Labute approximate surface area is 136 Å². The zero-order chi connectivity index (χ0) is 14.4. The van der Waals surface area contributed by atoms with Crippen LogP contribution in [-0.4, -0.2) is 50.1 Å². The maximum absolute atomic E-state index is 12.5. The minimum atomic E-state index is -0.216. The average molecular weight is 337 g/mol. The molecule has 2 aliphatic rings. The van der Waals surface area contributed by atoms with Crippen LogP contribution in [0.25, 0.3) is 0 Å². The van der Waals surface area contributed by atoms with Crippen LogP contribution in [0, 0.1) is 11.3 Å². The summed E-state index contributed by atoms with van der Waals surface area (Å²) in [6.07, 6.45) is 4.57. The maximum Gasteiger partial charge on any atom is 0.315 e. The molecular weight excluding hydrogens is 312 g/mol. The van der Waals surface area contributed by atoms with Gasteiger partial charge in [0.2, 0.25) is 5.91 Å². The van der Waals surface area contributed by atoms with Crippen LogP contribution in [0.4, 0.5) is 0 Å².